The van der Waals surface area contributed by atoms with Gasteiger partial charge in [-0.3, -0.25) is 4.79 Å². The lowest BCUT2D eigenvalue weighted by molar-refractivity contribution is -0.119. The number of hydrogen-bond donors (Lipinski definition) is 1. The lowest BCUT2D eigenvalue weighted by atomic mass is 10.1. The van der Waals surface area contributed by atoms with Crippen LogP contribution in [-0.2, 0) is 4.79 Å². The van der Waals surface area contributed by atoms with Crippen molar-refractivity contribution in [1.82, 2.24) is 15.3 Å². The van der Waals surface area contributed by atoms with Crippen molar-refractivity contribution in [2.24, 2.45) is 0 Å². The van der Waals surface area contributed by atoms with Gasteiger partial charge in [0.2, 0.25) is 5.91 Å². The molecule has 110 valence electrons. The lowest BCUT2D eigenvalue weighted by Crippen LogP contribution is -2.44. The van der Waals surface area contributed by atoms with E-state index in [-0.39, 0.29) is 18.1 Å². The predicted molar refractivity (Wildman–Crippen MR) is 76.8 cm³/mol. The van der Waals surface area contributed by atoms with Gasteiger partial charge in [-0.05, 0) is 26.7 Å². The van der Waals surface area contributed by atoms with Crippen molar-refractivity contribution in [1.29, 1.82) is 0 Å². The zero-order chi connectivity index (χ0) is 14.5. The van der Waals surface area contributed by atoms with Crippen molar-refractivity contribution < 1.29 is 9.53 Å². The number of rotatable bonds is 4. The second kappa shape index (κ2) is 6.54. The van der Waals surface area contributed by atoms with Gasteiger partial charge in [-0.2, -0.15) is 0 Å². The topological polar surface area (TPSA) is 67.4 Å². The summed E-state index contributed by atoms with van der Waals surface area (Å²) in [4.78, 5) is 21.9. The van der Waals surface area contributed by atoms with E-state index in [2.05, 4.69) is 20.2 Å². The first kappa shape index (κ1) is 14.6. The Kier molecular flexibility index (Phi) is 4.76. The van der Waals surface area contributed by atoms with E-state index in [1.54, 1.807) is 19.3 Å². The molecular weight excluding hydrogens is 256 g/mol. The molecule has 2 heterocycles. The number of anilines is 1. The van der Waals surface area contributed by atoms with Gasteiger partial charge in [-0.1, -0.05) is 0 Å². The molecule has 1 aromatic heterocycles. The van der Waals surface area contributed by atoms with E-state index in [0.717, 1.165) is 31.7 Å². The largest absolute Gasteiger partial charge is 0.472 e. The van der Waals surface area contributed by atoms with Crippen LogP contribution in [0.5, 0.6) is 5.88 Å². The van der Waals surface area contributed by atoms with Gasteiger partial charge in [0, 0.05) is 38.4 Å². The quantitative estimate of drug-likeness (QED) is 0.901. The van der Waals surface area contributed by atoms with Crippen molar-refractivity contribution in [3.8, 4) is 5.88 Å². The van der Waals surface area contributed by atoms with Crippen LogP contribution in [-0.4, -0.2) is 41.1 Å². The highest BCUT2D eigenvalue weighted by Gasteiger charge is 2.23. The maximum absolute atomic E-state index is 11.1. The van der Waals surface area contributed by atoms with E-state index >= 15 is 0 Å². The summed E-state index contributed by atoms with van der Waals surface area (Å²) in [7, 11) is 0. The van der Waals surface area contributed by atoms with E-state index in [1.807, 2.05) is 13.8 Å². The van der Waals surface area contributed by atoms with Gasteiger partial charge >= 0.3 is 0 Å². The Balaban J connectivity index is 2.01. The Morgan fingerprint density at radius 1 is 1.35 bits per heavy atom. The Hall–Kier alpha value is -1.85. The molecule has 1 fully saturated rings. The molecule has 0 aromatic carbocycles. The summed E-state index contributed by atoms with van der Waals surface area (Å²) in [6.45, 7) is 7.20. The molecule has 0 unspecified atom stereocenters. The third-order valence-electron chi connectivity index (χ3n) is 3.20. The Labute approximate surface area is 119 Å². The molecule has 1 amide bonds. The molecule has 1 aliphatic rings. The van der Waals surface area contributed by atoms with E-state index < -0.39 is 0 Å². The first-order valence-electron chi connectivity index (χ1n) is 7.06. The molecule has 6 nitrogen and oxygen atoms in total. The zero-order valence-corrected chi connectivity index (χ0v) is 12.3. The van der Waals surface area contributed by atoms with Crippen molar-refractivity contribution in [3.05, 3.63) is 12.4 Å². The number of aromatic nitrogens is 2. The molecule has 1 aromatic rings. The molecule has 0 saturated carbocycles. The summed E-state index contributed by atoms with van der Waals surface area (Å²) < 4.78 is 5.70. The summed E-state index contributed by atoms with van der Waals surface area (Å²) in [5.74, 6) is 1.41. The van der Waals surface area contributed by atoms with Crippen LogP contribution in [0.2, 0.25) is 0 Å². The van der Waals surface area contributed by atoms with E-state index in [9.17, 15) is 4.79 Å². The molecule has 0 spiro atoms. The summed E-state index contributed by atoms with van der Waals surface area (Å²) in [5, 5.41) is 2.97. The number of nitrogens with zero attached hydrogens (tertiary/aromatic N) is 3. The standard InChI is InChI=1S/C14H22N4O2/c1-10(2)20-14-13(15-6-7-16-14)18-8-4-12(5-9-18)17-11(3)19/h6-7,10,12H,4-5,8-9H2,1-3H3,(H,17,19). The van der Waals surface area contributed by atoms with Crippen LogP contribution in [0.1, 0.15) is 33.6 Å². The highest BCUT2D eigenvalue weighted by atomic mass is 16.5. The van der Waals surface area contributed by atoms with E-state index in [1.165, 1.54) is 0 Å². The fourth-order valence-corrected chi connectivity index (χ4v) is 2.36. The van der Waals surface area contributed by atoms with Crippen LogP contribution in [0, 0.1) is 0 Å². The predicted octanol–water partition coefficient (Wildman–Crippen LogP) is 1.37. The first-order chi connectivity index (χ1) is 9.56. The van der Waals surface area contributed by atoms with Gasteiger partial charge in [-0.15, -0.1) is 0 Å². The highest BCUT2D eigenvalue weighted by molar-refractivity contribution is 5.73. The molecule has 0 aliphatic carbocycles. The van der Waals surface area contributed by atoms with Crippen LogP contribution < -0.4 is 15.0 Å². The van der Waals surface area contributed by atoms with Crippen LogP contribution in [0.15, 0.2) is 12.4 Å². The molecule has 0 atom stereocenters. The monoisotopic (exact) mass is 278 g/mol. The molecule has 1 N–H and O–H groups in total. The summed E-state index contributed by atoms with van der Waals surface area (Å²) in [6, 6.07) is 0.259. The van der Waals surface area contributed by atoms with Gasteiger partial charge in [0.25, 0.3) is 5.88 Å². The molecule has 6 heteroatoms. The van der Waals surface area contributed by atoms with Crippen molar-refractivity contribution in [2.75, 3.05) is 18.0 Å². The Bertz CT molecular complexity index is 456. The third kappa shape index (κ3) is 3.82. The Morgan fingerprint density at radius 2 is 2.00 bits per heavy atom. The summed E-state index contributed by atoms with van der Waals surface area (Å²) in [6.07, 6.45) is 5.23. The second-order valence-corrected chi connectivity index (χ2v) is 5.31. The van der Waals surface area contributed by atoms with Crippen LogP contribution >= 0.6 is 0 Å². The second-order valence-electron chi connectivity index (χ2n) is 5.31. The molecule has 0 bridgehead atoms. The minimum absolute atomic E-state index is 0.0341. The average molecular weight is 278 g/mol. The number of nitrogens with one attached hydrogen (secondary N) is 1. The van der Waals surface area contributed by atoms with Crippen molar-refractivity contribution >= 4 is 11.7 Å². The fourth-order valence-electron chi connectivity index (χ4n) is 2.36. The summed E-state index contributed by atoms with van der Waals surface area (Å²) in [5.41, 5.74) is 0. The van der Waals surface area contributed by atoms with Crippen LogP contribution in [0.4, 0.5) is 5.82 Å². The van der Waals surface area contributed by atoms with Crippen molar-refractivity contribution in [3.63, 3.8) is 0 Å². The van der Waals surface area contributed by atoms with Gasteiger partial charge in [-0.25, -0.2) is 9.97 Å². The van der Waals surface area contributed by atoms with Gasteiger partial charge in [0.05, 0.1) is 6.10 Å². The summed E-state index contributed by atoms with van der Waals surface area (Å²) >= 11 is 0. The van der Waals surface area contributed by atoms with Gasteiger partial charge < -0.3 is 15.0 Å². The van der Waals surface area contributed by atoms with E-state index in [0.29, 0.717) is 5.88 Å². The average Bonchev–Trinajstić information content (AvgIpc) is 2.39. The number of hydrogen-bond acceptors (Lipinski definition) is 5. The molecule has 1 saturated heterocycles. The number of amides is 1. The molecule has 1 aliphatic heterocycles. The third-order valence-corrected chi connectivity index (χ3v) is 3.20. The van der Waals surface area contributed by atoms with Crippen LogP contribution in [0.25, 0.3) is 0 Å². The number of ether oxygens (including phenoxy) is 1. The normalized spacial score (nSPS) is 16.3. The van der Waals surface area contributed by atoms with E-state index in [4.69, 9.17) is 4.74 Å². The fraction of sp³-hybridized carbons (Fsp3) is 0.643. The molecule has 0 radical (unpaired) electrons. The zero-order valence-electron chi connectivity index (χ0n) is 12.3. The minimum Gasteiger partial charge on any atom is -0.472 e. The SMILES string of the molecule is CC(=O)NC1CCN(c2nccnc2OC(C)C)CC1. The van der Waals surface area contributed by atoms with Gasteiger partial charge in [0.1, 0.15) is 0 Å². The molecular formula is C14H22N4O2. The van der Waals surface area contributed by atoms with Crippen LogP contribution in [0.3, 0.4) is 0 Å². The van der Waals surface area contributed by atoms with Crippen molar-refractivity contribution in [2.45, 2.75) is 45.8 Å². The Morgan fingerprint density at radius 3 is 2.60 bits per heavy atom. The first-order valence-corrected chi connectivity index (χ1v) is 7.06. The number of piperidine rings is 1. The van der Waals surface area contributed by atoms with Gasteiger partial charge in [0.15, 0.2) is 5.82 Å². The number of carbonyl (C=O) groups excluding carboxylic acids is 1. The lowest BCUT2D eigenvalue weighted by Gasteiger charge is -2.33. The molecule has 2 rings (SSSR count). The smallest absolute Gasteiger partial charge is 0.257 e. The molecule has 20 heavy (non-hydrogen) atoms. The highest BCUT2D eigenvalue weighted by Crippen LogP contribution is 2.26. The maximum atomic E-state index is 11.1. The minimum atomic E-state index is 0.0341. The number of carbonyl (C=O) groups is 1. The maximum Gasteiger partial charge on any atom is 0.257 e.